The average Bonchev–Trinajstić information content (AvgIpc) is 2.53. The van der Waals surface area contributed by atoms with Crippen molar-refractivity contribution < 1.29 is 14.6 Å². The maximum absolute atomic E-state index is 11.0. The van der Waals surface area contributed by atoms with Crippen LogP contribution in [0.1, 0.15) is 12.8 Å². The van der Waals surface area contributed by atoms with Gasteiger partial charge in [-0.25, -0.2) is 4.79 Å². The fourth-order valence-electron chi connectivity index (χ4n) is 1.16. The quantitative estimate of drug-likeness (QED) is 0.328. The topological polar surface area (TPSA) is 82.4 Å². The summed E-state index contributed by atoms with van der Waals surface area (Å²) in [6, 6.07) is 1.75. The molecular weight excluding hydrogens is 172 g/mol. The number of nitrogens with zero attached hydrogens (tertiary/aromatic N) is 1. The van der Waals surface area contributed by atoms with Crippen LogP contribution in [0.2, 0.25) is 0 Å². The summed E-state index contributed by atoms with van der Waals surface area (Å²) in [5.41, 5.74) is 0.404. The standard InChI is InChI=1S/C8H10N2O3/c1-13-8(12)5(4-9)6-2-3-7(11)10-6/h7,10-11H,2-3H2,1H3/b6-5-/t7-/m0/s1. The van der Waals surface area contributed by atoms with Gasteiger partial charge in [-0.1, -0.05) is 0 Å². The van der Waals surface area contributed by atoms with Gasteiger partial charge in [0, 0.05) is 5.70 Å². The van der Waals surface area contributed by atoms with Crippen LogP contribution in [0.25, 0.3) is 0 Å². The second-order valence-corrected chi connectivity index (χ2v) is 2.66. The summed E-state index contributed by atoms with van der Waals surface area (Å²) >= 11 is 0. The number of hydrogen-bond acceptors (Lipinski definition) is 5. The predicted molar refractivity (Wildman–Crippen MR) is 43.0 cm³/mol. The van der Waals surface area contributed by atoms with E-state index in [1.54, 1.807) is 6.07 Å². The number of nitriles is 1. The zero-order valence-corrected chi connectivity index (χ0v) is 7.20. The number of ether oxygens (including phenoxy) is 1. The number of esters is 1. The summed E-state index contributed by atoms with van der Waals surface area (Å²) < 4.78 is 4.41. The van der Waals surface area contributed by atoms with E-state index in [-0.39, 0.29) is 5.57 Å². The van der Waals surface area contributed by atoms with Gasteiger partial charge in [0.1, 0.15) is 12.3 Å². The molecule has 0 saturated carbocycles. The molecule has 0 aromatic carbocycles. The summed E-state index contributed by atoms with van der Waals surface area (Å²) in [5.74, 6) is -0.668. The number of nitrogens with one attached hydrogen (secondary N) is 1. The molecule has 0 radical (unpaired) electrons. The van der Waals surface area contributed by atoms with Gasteiger partial charge in [-0.2, -0.15) is 5.26 Å². The molecule has 70 valence electrons. The molecular formula is C8H10N2O3. The minimum absolute atomic E-state index is 0.0564. The van der Waals surface area contributed by atoms with Gasteiger partial charge in [-0.3, -0.25) is 0 Å². The maximum Gasteiger partial charge on any atom is 0.350 e. The Bertz CT molecular complexity index is 290. The highest BCUT2D eigenvalue weighted by molar-refractivity contribution is 5.93. The molecule has 0 bridgehead atoms. The van der Waals surface area contributed by atoms with Gasteiger partial charge in [-0.05, 0) is 12.8 Å². The number of carbonyl (C=O) groups excluding carboxylic acids is 1. The lowest BCUT2D eigenvalue weighted by molar-refractivity contribution is -0.135. The molecule has 1 atom stereocenters. The summed E-state index contributed by atoms with van der Waals surface area (Å²) in [4.78, 5) is 11.0. The monoisotopic (exact) mass is 182 g/mol. The van der Waals surface area contributed by atoms with E-state index in [0.717, 1.165) is 0 Å². The molecule has 1 fully saturated rings. The van der Waals surface area contributed by atoms with E-state index in [9.17, 15) is 4.79 Å². The molecule has 0 aliphatic carbocycles. The first-order valence-electron chi connectivity index (χ1n) is 3.85. The molecule has 13 heavy (non-hydrogen) atoms. The molecule has 2 N–H and O–H groups in total. The van der Waals surface area contributed by atoms with Crippen molar-refractivity contribution >= 4 is 5.97 Å². The number of rotatable bonds is 1. The van der Waals surface area contributed by atoms with Crippen molar-refractivity contribution in [3.8, 4) is 6.07 Å². The van der Waals surface area contributed by atoms with Crippen LogP contribution >= 0.6 is 0 Å². The lowest BCUT2D eigenvalue weighted by Crippen LogP contribution is -2.21. The summed E-state index contributed by atoms with van der Waals surface area (Å²) in [7, 11) is 1.21. The fourth-order valence-corrected chi connectivity index (χ4v) is 1.16. The Morgan fingerprint density at radius 3 is 2.92 bits per heavy atom. The normalized spacial score (nSPS) is 24.5. The van der Waals surface area contributed by atoms with E-state index < -0.39 is 12.2 Å². The SMILES string of the molecule is COC(=O)/C(C#N)=C1/CC[C@H](O)N1. The zero-order chi connectivity index (χ0) is 9.84. The number of allylic oxidation sites excluding steroid dienone is 1. The molecule has 5 heteroatoms. The van der Waals surface area contributed by atoms with E-state index in [2.05, 4.69) is 10.1 Å². The number of carbonyl (C=O) groups is 1. The molecule has 0 aromatic heterocycles. The van der Waals surface area contributed by atoms with Crippen molar-refractivity contribution in [2.45, 2.75) is 19.1 Å². The van der Waals surface area contributed by atoms with Crippen LogP contribution in [0, 0.1) is 11.3 Å². The van der Waals surface area contributed by atoms with Gasteiger partial charge in [0.05, 0.1) is 7.11 Å². The van der Waals surface area contributed by atoms with Crippen LogP contribution in [0.4, 0.5) is 0 Å². The van der Waals surface area contributed by atoms with Crippen LogP contribution in [0.5, 0.6) is 0 Å². The molecule has 1 rings (SSSR count). The van der Waals surface area contributed by atoms with Crippen LogP contribution < -0.4 is 5.32 Å². The van der Waals surface area contributed by atoms with Gasteiger partial charge in [0.2, 0.25) is 0 Å². The first kappa shape index (κ1) is 9.55. The number of hydrogen-bond donors (Lipinski definition) is 2. The zero-order valence-electron chi connectivity index (χ0n) is 7.20. The van der Waals surface area contributed by atoms with E-state index in [0.29, 0.717) is 18.5 Å². The predicted octanol–water partition coefficient (Wildman–Crippen LogP) is -0.361. The molecule has 1 aliphatic heterocycles. The Labute approximate surface area is 75.6 Å². The van der Waals surface area contributed by atoms with Crippen molar-refractivity contribution in [3.63, 3.8) is 0 Å². The first-order valence-corrected chi connectivity index (χ1v) is 3.85. The van der Waals surface area contributed by atoms with Crippen LogP contribution in [-0.4, -0.2) is 24.4 Å². The third kappa shape index (κ3) is 1.98. The highest BCUT2D eigenvalue weighted by atomic mass is 16.5. The van der Waals surface area contributed by atoms with Crippen molar-refractivity contribution in [2.24, 2.45) is 0 Å². The van der Waals surface area contributed by atoms with Crippen molar-refractivity contribution in [2.75, 3.05) is 7.11 Å². The van der Waals surface area contributed by atoms with Gasteiger partial charge >= 0.3 is 5.97 Å². The molecule has 1 heterocycles. The third-order valence-corrected chi connectivity index (χ3v) is 1.81. The number of aliphatic hydroxyl groups excluding tert-OH is 1. The second-order valence-electron chi connectivity index (χ2n) is 2.66. The van der Waals surface area contributed by atoms with Crippen LogP contribution in [0.3, 0.4) is 0 Å². The molecule has 5 nitrogen and oxygen atoms in total. The van der Waals surface area contributed by atoms with Gasteiger partial charge in [-0.15, -0.1) is 0 Å². The summed E-state index contributed by atoms with van der Waals surface area (Å²) in [6.45, 7) is 0. The third-order valence-electron chi connectivity index (χ3n) is 1.81. The minimum atomic E-state index is -0.668. The maximum atomic E-state index is 11.0. The molecule has 0 amide bonds. The summed E-state index contributed by atoms with van der Waals surface area (Å²) in [5, 5.41) is 20.4. The van der Waals surface area contributed by atoms with Crippen LogP contribution in [0.15, 0.2) is 11.3 Å². The second kappa shape index (κ2) is 3.92. The Balaban J connectivity index is 2.88. The van der Waals surface area contributed by atoms with E-state index >= 15 is 0 Å². The van der Waals surface area contributed by atoms with E-state index in [1.807, 2.05) is 0 Å². The van der Waals surface area contributed by atoms with Gasteiger partial charge < -0.3 is 15.2 Å². The lowest BCUT2D eigenvalue weighted by atomic mass is 10.2. The molecule has 1 aliphatic rings. The van der Waals surface area contributed by atoms with Gasteiger partial charge in [0.25, 0.3) is 0 Å². The Hall–Kier alpha value is -1.54. The Morgan fingerprint density at radius 1 is 1.85 bits per heavy atom. The molecule has 0 aromatic rings. The highest BCUT2D eigenvalue weighted by Gasteiger charge is 2.22. The number of methoxy groups -OCH3 is 1. The number of aliphatic hydroxyl groups is 1. The van der Waals surface area contributed by atoms with Crippen LogP contribution in [-0.2, 0) is 9.53 Å². The minimum Gasteiger partial charge on any atom is -0.465 e. The van der Waals surface area contributed by atoms with Gasteiger partial charge in [0.15, 0.2) is 5.57 Å². The largest absolute Gasteiger partial charge is 0.465 e. The fraction of sp³-hybridized carbons (Fsp3) is 0.500. The van der Waals surface area contributed by atoms with Crippen molar-refractivity contribution in [3.05, 3.63) is 11.3 Å². The highest BCUT2D eigenvalue weighted by Crippen LogP contribution is 2.17. The van der Waals surface area contributed by atoms with E-state index in [1.165, 1.54) is 7.11 Å². The average molecular weight is 182 g/mol. The Kier molecular flexibility index (Phi) is 2.88. The van der Waals surface area contributed by atoms with E-state index in [4.69, 9.17) is 10.4 Å². The summed E-state index contributed by atoms with van der Waals surface area (Å²) in [6.07, 6.45) is 0.347. The van der Waals surface area contributed by atoms with Crippen molar-refractivity contribution in [1.82, 2.24) is 5.32 Å². The Morgan fingerprint density at radius 2 is 2.54 bits per heavy atom. The van der Waals surface area contributed by atoms with Crippen molar-refractivity contribution in [1.29, 1.82) is 5.26 Å². The smallest absolute Gasteiger partial charge is 0.350 e. The molecule has 0 unspecified atom stereocenters. The lowest BCUT2D eigenvalue weighted by Gasteiger charge is -2.04. The molecule has 1 saturated heterocycles. The first-order chi connectivity index (χ1) is 6.19. The molecule has 0 spiro atoms.